The predicted octanol–water partition coefficient (Wildman–Crippen LogP) is 1.90. The second-order valence-electron chi connectivity index (χ2n) is 3.64. The highest BCUT2D eigenvalue weighted by atomic mass is 16.2. The summed E-state index contributed by atoms with van der Waals surface area (Å²) in [4.78, 5) is 13.5. The average Bonchev–Trinajstić information content (AvgIpc) is 2.39. The molecule has 0 aromatic heterocycles. The Morgan fingerprint density at radius 3 is 2.39 bits per heavy atom. The number of nitrogens with one attached hydrogen (secondary N) is 1. The lowest BCUT2D eigenvalue weighted by atomic mass is 10.2. The molecule has 96 valence electrons. The number of carbonyl (C=O) groups is 1. The largest absolute Gasteiger partial charge is 0.384 e. The van der Waals surface area contributed by atoms with Crippen molar-refractivity contribution in [2.75, 3.05) is 25.0 Å². The van der Waals surface area contributed by atoms with Crippen LogP contribution in [0, 0.1) is 11.8 Å². The number of amides is 2. The molecule has 0 saturated heterocycles. The molecule has 4 nitrogen and oxygen atoms in total. The monoisotopic (exact) mass is 246 g/mol. The lowest BCUT2D eigenvalue weighted by molar-refractivity contribution is 0.217. The van der Waals surface area contributed by atoms with Gasteiger partial charge in [0, 0.05) is 24.3 Å². The first-order chi connectivity index (χ1) is 8.71. The van der Waals surface area contributed by atoms with Crippen LogP contribution >= 0.6 is 0 Å². The molecule has 1 aromatic carbocycles. The molecular weight excluding hydrogens is 228 g/mol. The minimum absolute atomic E-state index is 0.103. The molecule has 1 aromatic rings. The van der Waals surface area contributed by atoms with E-state index in [1.807, 2.05) is 13.8 Å². The molecule has 2 N–H and O–H groups in total. The van der Waals surface area contributed by atoms with Crippen LogP contribution in [0.2, 0.25) is 0 Å². The van der Waals surface area contributed by atoms with E-state index in [-0.39, 0.29) is 12.6 Å². The lowest BCUT2D eigenvalue weighted by Crippen LogP contribution is -2.34. The first-order valence-corrected chi connectivity index (χ1v) is 5.97. The van der Waals surface area contributed by atoms with Crippen molar-refractivity contribution in [3.05, 3.63) is 29.8 Å². The van der Waals surface area contributed by atoms with E-state index in [9.17, 15) is 4.79 Å². The Morgan fingerprint density at radius 1 is 1.28 bits per heavy atom. The van der Waals surface area contributed by atoms with Gasteiger partial charge in [0.15, 0.2) is 0 Å². The molecular formula is C14H18N2O2. The van der Waals surface area contributed by atoms with Gasteiger partial charge in [0.2, 0.25) is 0 Å². The molecule has 0 heterocycles. The molecule has 18 heavy (non-hydrogen) atoms. The molecule has 0 unspecified atom stereocenters. The fourth-order valence-corrected chi connectivity index (χ4v) is 1.49. The second-order valence-corrected chi connectivity index (χ2v) is 3.64. The number of urea groups is 1. The quantitative estimate of drug-likeness (QED) is 0.800. The summed E-state index contributed by atoms with van der Waals surface area (Å²) in [5.41, 5.74) is 1.55. The molecule has 0 spiro atoms. The minimum Gasteiger partial charge on any atom is -0.384 e. The lowest BCUT2D eigenvalue weighted by Gasteiger charge is -2.19. The van der Waals surface area contributed by atoms with Crippen LogP contribution in [0.15, 0.2) is 24.3 Å². The van der Waals surface area contributed by atoms with Crippen molar-refractivity contribution in [3.8, 4) is 11.8 Å². The molecule has 1 rings (SSSR count). The number of anilines is 1. The van der Waals surface area contributed by atoms with E-state index >= 15 is 0 Å². The molecule has 4 heteroatoms. The molecule has 0 bridgehead atoms. The number of nitrogens with zero attached hydrogens (tertiary/aromatic N) is 1. The molecule has 0 saturated carbocycles. The van der Waals surface area contributed by atoms with E-state index in [1.54, 1.807) is 29.2 Å². The molecule has 2 amide bonds. The minimum atomic E-state index is -0.152. The zero-order chi connectivity index (χ0) is 13.4. The standard InChI is InChI=1S/C14H18N2O2/c1-3-16(4-2)14(18)15-13-9-7-12(8-10-13)6-5-11-17/h7-10,17H,3-4,11H2,1-2H3,(H,15,18). The van der Waals surface area contributed by atoms with E-state index in [2.05, 4.69) is 17.2 Å². The van der Waals surface area contributed by atoms with Crippen molar-refractivity contribution in [2.45, 2.75) is 13.8 Å². The fourth-order valence-electron chi connectivity index (χ4n) is 1.49. The summed E-state index contributed by atoms with van der Waals surface area (Å²) < 4.78 is 0. The summed E-state index contributed by atoms with van der Waals surface area (Å²) in [6.07, 6.45) is 0. The summed E-state index contributed by atoms with van der Waals surface area (Å²) in [6, 6.07) is 7.10. The van der Waals surface area contributed by atoms with Gasteiger partial charge in [-0.3, -0.25) is 0 Å². The van der Waals surface area contributed by atoms with Crippen LogP contribution in [0.4, 0.5) is 10.5 Å². The number of rotatable bonds is 3. The van der Waals surface area contributed by atoms with Crippen LogP contribution < -0.4 is 5.32 Å². The van der Waals surface area contributed by atoms with Gasteiger partial charge in [0.1, 0.15) is 6.61 Å². The maximum atomic E-state index is 11.8. The van der Waals surface area contributed by atoms with Gasteiger partial charge >= 0.3 is 6.03 Å². The van der Waals surface area contributed by atoms with Crippen LogP contribution in [0.5, 0.6) is 0 Å². The van der Waals surface area contributed by atoms with Gasteiger partial charge < -0.3 is 15.3 Å². The van der Waals surface area contributed by atoms with Crippen LogP contribution in [-0.2, 0) is 0 Å². The number of benzene rings is 1. The van der Waals surface area contributed by atoms with Gasteiger partial charge in [0.05, 0.1) is 0 Å². The summed E-state index contributed by atoms with van der Waals surface area (Å²) in [5, 5.41) is 11.4. The Morgan fingerprint density at radius 2 is 1.89 bits per heavy atom. The number of carbonyl (C=O) groups excluding carboxylic acids is 1. The van der Waals surface area contributed by atoms with E-state index in [0.29, 0.717) is 13.1 Å². The van der Waals surface area contributed by atoms with Gasteiger partial charge in [0.25, 0.3) is 0 Å². The summed E-state index contributed by atoms with van der Waals surface area (Å²) in [5.74, 6) is 5.37. The third kappa shape index (κ3) is 4.11. The fraction of sp³-hybridized carbons (Fsp3) is 0.357. The van der Waals surface area contributed by atoms with Gasteiger partial charge in [-0.15, -0.1) is 0 Å². The Bertz CT molecular complexity index is 439. The third-order valence-electron chi connectivity index (χ3n) is 2.50. The number of aliphatic hydroxyl groups excluding tert-OH is 1. The molecule has 0 radical (unpaired) electrons. The Balaban J connectivity index is 2.66. The van der Waals surface area contributed by atoms with Gasteiger partial charge in [-0.25, -0.2) is 4.79 Å². The maximum absolute atomic E-state index is 11.8. The first kappa shape index (κ1) is 14.1. The van der Waals surface area contributed by atoms with Gasteiger partial charge in [-0.2, -0.15) is 0 Å². The topological polar surface area (TPSA) is 52.6 Å². The highest BCUT2D eigenvalue weighted by Gasteiger charge is 2.08. The summed E-state index contributed by atoms with van der Waals surface area (Å²) in [6.45, 7) is 5.10. The third-order valence-corrected chi connectivity index (χ3v) is 2.50. The smallest absolute Gasteiger partial charge is 0.321 e. The molecule has 0 aliphatic rings. The van der Waals surface area contributed by atoms with Crippen molar-refractivity contribution in [3.63, 3.8) is 0 Å². The zero-order valence-electron chi connectivity index (χ0n) is 10.7. The van der Waals surface area contributed by atoms with Gasteiger partial charge in [-0.05, 0) is 38.1 Å². The molecule has 0 aliphatic carbocycles. The van der Waals surface area contributed by atoms with Crippen molar-refractivity contribution in [1.82, 2.24) is 4.90 Å². The SMILES string of the molecule is CCN(CC)C(=O)Nc1ccc(C#CCO)cc1. The van der Waals surface area contributed by atoms with E-state index < -0.39 is 0 Å². The average molecular weight is 246 g/mol. The molecule has 0 aliphatic heterocycles. The highest BCUT2D eigenvalue weighted by molar-refractivity contribution is 5.89. The van der Waals surface area contributed by atoms with Crippen molar-refractivity contribution < 1.29 is 9.90 Å². The van der Waals surface area contributed by atoms with E-state index in [0.717, 1.165) is 11.3 Å². The van der Waals surface area contributed by atoms with Crippen molar-refractivity contribution in [1.29, 1.82) is 0 Å². The number of hydrogen-bond donors (Lipinski definition) is 2. The summed E-state index contributed by atoms with van der Waals surface area (Å²) in [7, 11) is 0. The predicted molar refractivity (Wildman–Crippen MR) is 72.3 cm³/mol. The highest BCUT2D eigenvalue weighted by Crippen LogP contribution is 2.09. The van der Waals surface area contributed by atoms with Crippen LogP contribution in [-0.4, -0.2) is 35.7 Å². The number of aliphatic hydroxyl groups is 1. The number of hydrogen-bond acceptors (Lipinski definition) is 2. The Labute approximate surface area is 108 Å². The maximum Gasteiger partial charge on any atom is 0.321 e. The van der Waals surface area contributed by atoms with E-state index in [1.165, 1.54) is 0 Å². The Hall–Kier alpha value is -1.99. The van der Waals surface area contributed by atoms with Crippen LogP contribution in [0.1, 0.15) is 19.4 Å². The van der Waals surface area contributed by atoms with Crippen molar-refractivity contribution in [2.24, 2.45) is 0 Å². The molecule has 0 atom stereocenters. The van der Waals surface area contributed by atoms with Crippen molar-refractivity contribution >= 4 is 11.7 Å². The van der Waals surface area contributed by atoms with Gasteiger partial charge in [-0.1, -0.05) is 11.8 Å². The molecule has 0 fully saturated rings. The summed E-state index contributed by atoms with van der Waals surface area (Å²) >= 11 is 0. The normalized spacial score (nSPS) is 9.28. The second kappa shape index (κ2) is 7.36. The van der Waals surface area contributed by atoms with E-state index in [4.69, 9.17) is 5.11 Å². The van der Waals surface area contributed by atoms with Crippen LogP contribution in [0.3, 0.4) is 0 Å². The first-order valence-electron chi connectivity index (χ1n) is 5.97. The Kier molecular flexibility index (Phi) is 5.75. The van der Waals surface area contributed by atoms with Crippen LogP contribution in [0.25, 0.3) is 0 Å². The zero-order valence-corrected chi connectivity index (χ0v) is 10.7.